The average Bonchev–Trinajstić information content (AvgIpc) is 2.75. The van der Waals surface area contributed by atoms with Gasteiger partial charge in [-0.1, -0.05) is 23.8 Å². The van der Waals surface area contributed by atoms with Gasteiger partial charge >= 0.3 is 0 Å². The Morgan fingerprint density at radius 1 is 1.53 bits per heavy atom. The molecule has 0 spiro atoms. The van der Waals surface area contributed by atoms with Crippen LogP contribution in [0.5, 0.6) is 0 Å². The fraction of sp³-hybridized carbons (Fsp3) is 0.417. The second-order valence-corrected chi connectivity index (χ2v) is 7.35. The van der Waals surface area contributed by atoms with Gasteiger partial charge in [-0.25, -0.2) is 8.42 Å². The van der Waals surface area contributed by atoms with Crippen LogP contribution in [0.1, 0.15) is 25.3 Å². The summed E-state index contributed by atoms with van der Waals surface area (Å²) in [7, 11) is -3.49. The first kappa shape index (κ1) is 14.7. The molecule has 0 radical (unpaired) electrons. The number of thiocarbonyl (C=S) groups is 1. The van der Waals surface area contributed by atoms with Gasteiger partial charge in [-0.15, -0.1) is 0 Å². The minimum Gasteiger partial charge on any atom is -0.389 e. The quantitative estimate of drug-likeness (QED) is 0.867. The molecule has 104 valence electrons. The molecule has 0 aromatic heterocycles. The molecule has 1 aromatic carbocycles. The predicted molar refractivity (Wildman–Crippen MR) is 79.9 cm³/mol. The third-order valence-electron chi connectivity index (χ3n) is 3.30. The van der Waals surface area contributed by atoms with Crippen molar-refractivity contribution >= 4 is 38.8 Å². The second kappa shape index (κ2) is 5.36. The molecule has 1 saturated heterocycles. The second-order valence-electron chi connectivity index (χ2n) is 4.61. The Labute approximate surface area is 123 Å². The van der Waals surface area contributed by atoms with Crippen molar-refractivity contribution in [2.75, 3.05) is 6.54 Å². The Balaban J connectivity index is 2.42. The first-order chi connectivity index (χ1) is 8.84. The lowest BCUT2D eigenvalue weighted by molar-refractivity contribution is 0.408. The Bertz CT molecular complexity index is 616. The van der Waals surface area contributed by atoms with Gasteiger partial charge in [-0.3, -0.25) is 0 Å². The van der Waals surface area contributed by atoms with Crippen LogP contribution in [0.3, 0.4) is 0 Å². The van der Waals surface area contributed by atoms with Crippen molar-refractivity contribution < 1.29 is 8.42 Å². The molecule has 1 aromatic rings. The predicted octanol–water partition coefficient (Wildman–Crippen LogP) is 2.15. The molecular formula is C12H15ClN2O2S2. The number of halogens is 1. The molecule has 2 N–H and O–H groups in total. The molecule has 4 nitrogen and oxygen atoms in total. The molecule has 1 heterocycles. The zero-order chi connectivity index (χ0) is 14.2. The molecule has 1 atom stereocenters. The molecule has 1 aliphatic heterocycles. The van der Waals surface area contributed by atoms with Crippen LogP contribution in [0, 0.1) is 0 Å². The van der Waals surface area contributed by atoms with Gasteiger partial charge in [0.2, 0.25) is 10.0 Å². The number of nitrogens with zero attached hydrogens (tertiary/aromatic N) is 1. The van der Waals surface area contributed by atoms with E-state index >= 15 is 0 Å². The fourth-order valence-electron chi connectivity index (χ4n) is 2.26. The van der Waals surface area contributed by atoms with E-state index < -0.39 is 10.0 Å². The van der Waals surface area contributed by atoms with E-state index in [0.29, 0.717) is 12.1 Å². The number of nitrogens with two attached hydrogens (primary N) is 1. The van der Waals surface area contributed by atoms with E-state index in [4.69, 9.17) is 29.6 Å². The fourth-order valence-corrected chi connectivity index (χ4v) is 4.56. The lowest BCUT2D eigenvalue weighted by Crippen LogP contribution is -2.33. The summed E-state index contributed by atoms with van der Waals surface area (Å²) in [6, 6.07) is 4.49. The average molecular weight is 319 g/mol. The number of hydrogen-bond donors (Lipinski definition) is 1. The lowest BCUT2D eigenvalue weighted by atomic mass is 10.2. The van der Waals surface area contributed by atoms with Crippen LogP contribution in [-0.2, 0) is 10.0 Å². The van der Waals surface area contributed by atoms with Gasteiger partial charge < -0.3 is 5.73 Å². The van der Waals surface area contributed by atoms with Gasteiger partial charge in [-0.2, -0.15) is 4.31 Å². The number of sulfonamides is 1. The van der Waals surface area contributed by atoms with E-state index in [1.54, 1.807) is 6.07 Å². The summed E-state index contributed by atoms with van der Waals surface area (Å²) < 4.78 is 26.5. The Morgan fingerprint density at radius 2 is 2.21 bits per heavy atom. The number of rotatable bonds is 3. The highest BCUT2D eigenvalue weighted by Gasteiger charge is 2.32. The van der Waals surface area contributed by atoms with Crippen LogP contribution < -0.4 is 5.73 Å². The molecule has 1 unspecified atom stereocenters. The van der Waals surface area contributed by atoms with Gasteiger partial charge in [0.1, 0.15) is 4.99 Å². The van der Waals surface area contributed by atoms with Crippen LogP contribution in [0.25, 0.3) is 0 Å². The summed E-state index contributed by atoms with van der Waals surface area (Å²) >= 11 is 10.9. The van der Waals surface area contributed by atoms with Crippen molar-refractivity contribution in [1.82, 2.24) is 4.31 Å². The van der Waals surface area contributed by atoms with E-state index in [2.05, 4.69) is 0 Å². The third kappa shape index (κ3) is 2.76. The Hall–Kier alpha value is -0.690. The van der Waals surface area contributed by atoms with Crippen LogP contribution in [-0.4, -0.2) is 30.3 Å². The van der Waals surface area contributed by atoms with Crippen molar-refractivity contribution in [2.45, 2.75) is 30.7 Å². The first-order valence-electron chi connectivity index (χ1n) is 5.95. The number of hydrogen-bond acceptors (Lipinski definition) is 3. The highest BCUT2D eigenvalue weighted by molar-refractivity contribution is 7.89. The third-order valence-corrected chi connectivity index (χ3v) is 5.85. The molecule has 19 heavy (non-hydrogen) atoms. The molecule has 0 amide bonds. The van der Waals surface area contributed by atoms with Gasteiger partial charge in [0.25, 0.3) is 0 Å². The largest absolute Gasteiger partial charge is 0.389 e. The van der Waals surface area contributed by atoms with Crippen LogP contribution in [0.2, 0.25) is 5.02 Å². The molecule has 0 bridgehead atoms. The van der Waals surface area contributed by atoms with Crippen molar-refractivity contribution in [3.63, 3.8) is 0 Å². The van der Waals surface area contributed by atoms with Gasteiger partial charge in [-0.05, 0) is 38.0 Å². The van der Waals surface area contributed by atoms with Gasteiger partial charge in [0.15, 0.2) is 0 Å². The summed E-state index contributed by atoms with van der Waals surface area (Å²) in [5.74, 6) is 0. The van der Waals surface area contributed by atoms with Crippen LogP contribution >= 0.6 is 23.8 Å². The zero-order valence-electron chi connectivity index (χ0n) is 10.5. The first-order valence-corrected chi connectivity index (χ1v) is 8.18. The summed E-state index contributed by atoms with van der Waals surface area (Å²) in [4.78, 5) is 0.342. The van der Waals surface area contributed by atoms with E-state index in [9.17, 15) is 8.42 Å². The lowest BCUT2D eigenvalue weighted by Gasteiger charge is -2.21. The maximum absolute atomic E-state index is 12.5. The topological polar surface area (TPSA) is 63.4 Å². The molecule has 1 fully saturated rings. The van der Waals surface area contributed by atoms with E-state index in [-0.39, 0.29) is 20.9 Å². The minimum atomic E-state index is -3.49. The molecule has 7 heteroatoms. The van der Waals surface area contributed by atoms with Crippen molar-refractivity contribution in [3.8, 4) is 0 Å². The number of benzene rings is 1. The molecular weight excluding hydrogens is 304 g/mol. The maximum atomic E-state index is 12.5. The highest BCUT2D eigenvalue weighted by atomic mass is 35.5. The van der Waals surface area contributed by atoms with Gasteiger partial charge in [0, 0.05) is 18.2 Å². The summed E-state index contributed by atoms with van der Waals surface area (Å²) in [6.45, 7) is 2.47. The Morgan fingerprint density at radius 3 is 2.68 bits per heavy atom. The molecule has 0 aliphatic carbocycles. The van der Waals surface area contributed by atoms with Crippen LogP contribution in [0.15, 0.2) is 23.1 Å². The Kier molecular flexibility index (Phi) is 4.15. The molecule has 2 rings (SSSR count). The monoisotopic (exact) mass is 318 g/mol. The van der Waals surface area contributed by atoms with E-state index in [0.717, 1.165) is 12.8 Å². The van der Waals surface area contributed by atoms with Crippen molar-refractivity contribution in [2.24, 2.45) is 5.73 Å². The summed E-state index contributed by atoms with van der Waals surface area (Å²) in [6.07, 6.45) is 1.77. The smallest absolute Gasteiger partial charge is 0.243 e. The van der Waals surface area contributed by atoms with Crippen molar-refractivity contribution in [1.29, 1.82) is 0 Å². The molecule has 0 saturated carbocycles. The van der Waals surface area contributed by atoms with Gasteiger partial charge in [0.05, 0.1) is 9.92 Å². The maximum Gasteiger partial charge on any atom is 0.243 e. The highest BCUT2D eigenvalue weighted by Crippen LogP contribution is 2.28. The summed E-state index contributed by atoms with van der Waals surface area (Å²) in [5.41, 5.74) is 6.00. The zero-order valence-corrected chi connectivity index (χ0v) is 12.9. The van der Waals surface area contributed by atoms with E-state index in [1.807, 2.05) is 6.92 Å². The van der Waals surface area contributed by atoms with Crippen molar-refractivity contribution in [3.05, 3.63) is 28.8 Å². The standard InChI is InChI=1S/C12H15ClN2O2S2/c1-8-3-2-6-15(8)19(16,17)9-4-5-10(12(14)18)11(13)7-9/h4-5,7-8H,2-3,6H2,1H3,(H2,14,18). The SMILES string of the molecule is CC1CCCN1S(=O)(=O)c1ccc(C(N)=S)c(Cl)c1. The summed E-state index contributed by atoms with van der Waals surface area (Å²) in [5, 5.41) is 0.264. The van der Waals surface area contributed by atoms with E-state index in [1.165, 1.54) is 16.4 Å². The molecule has 1 aliphatic rings. The van der Waals surface area contributed by atoms with Crippen LogP contribution in [0.4, 0.5) is 0 Å². The normalized spacial score (nSPS) is 20.6. The minimum absolute atomic E-state index is 0.0269.